The minimum Gasteiger partial charge on any atom is -0.381 e. The van der Waals surface area contributed by atoms with E-state index < -0.39 is 29.0 Å². The van der Waals surface area contributed by atoms with Crippen molar-refractivity contribution in [3.63, 3.8) is 0 Å². The number of hydrogen-bond donors (Lipinski definition) is 4. The summed E-state index contributed by atoms with van der Waals surface area (Å²) in [5, 5.41) is 15.4. The highest BCUT2D eigenvalue weighted by Gasteiger charge is 2.27. The van der Waals surface area contributed by atoms with E-state index in [-0.39, 0.29) is 17.4 Å². The van der Waals surface area contributed by atoms with Gasteiger partial charge in [0.25, 0.3) is 11.8 Å². The van der Waals surface area contributed by atoms with Gasteiger partial charge in [0, 0.05) is 37.5 Å². The number of hydrogen-bond acceptors (Lipinski definition) is 5. The third kappa shape index (κ3) is 5.31. The molecule has 1 saturated carbocycles. The number of benzene rings is 1. The van der Waals surface area contributed by atoms with Gasteiger partial charge in [-0.15, -0.1) is 0 Å². The Hall–Kier alpha value is -2.85. The average molecular weight is 447 g/mol. The highest BCUT2D eigenvalue weighted by Crippen LogP contribution is 2.22. The van der Waals surface area contributed by atoms with Gasteiger partial charge in [0.15, 0.2) is 5.69 Å². The summed E-state index contributed by atoms with van der Waals surface area (Å²) in [5.41, 5.74) is -0.682. The number of carbonyl (C=O) groups is 2. The second-order valence-electron chi connectivity index (χ2n) is 8.27. The van der Waals surface area contributed by atoms with Crippen molar-refractivity contribution in [2.24, 2.45) is 0 Å². The molecule has 1 aromatic carbocycles. The lowest BCUT2D eigenvalue weighted by atomic mass is 9.90. The van der Waals surface area contributed by atoms with Crippen LogP contribution in [0, 0.1) is 11.6 Å². The minimum atomic E-state index is -0.990. The summed E-state index contributed by atoms with van der Waals surface area (Å²) in [4.78, 5) is 25.1. The molecule has 8 nitrogen and oxygen atoms in total. The van der Waals surface area contributed by atoms with Crippen LogP contribution in [0.15, 0.2) is 24.4 Å². The van der Waals surface area contributed by atoms with Gasteiger partial charge in [0.05, 0.1) is 5.69 Å². The lowest BCUT2D eigenvalue weighted by Gasteiger charge is -2.33. The van der Waals surface area contributed by atoms with Crippen molar-refractivity contribution in [3.05, 3.63) is 47.3 Å². The maximum Gasteiger partial charge on any atom is 0.274 e. The molecule has 0 spiro atoms. The molecule has 0 radical (unpaired) electrons. The van der Waals surface area contributed by atoms with Crippen LogP contribution in [-0.2, 0) is 4.74 Å². The monoisotopic (exact) mass is 447 g/mol. The van der Waals surface area contributed by atoms with Crippen molar-refractivity contribution in [3.8, 4) is 0 Å². The summed E-state index contributed by atoms with van der Waals surface area (Å²) in [6, 6.07) is 4.09. The van der Waals surface area contributed by atoms with Crippen LogP contribution in [0.1, 0.15) is 59.4 Å². The molecule has 32 heavy (non-hydrogen) atoms. The van der Waals surface area contributed by atoms with Gasteiger partial charge >= 0.3 is 0 Å². The Morgan fingerprint density at radius 3 is 2.25 bits per heavy atom. The number of carbonyl (C=O) groups excluding carboxylic acids is 2. The third-order valence-electron chi connectivity index (χ3n) is 6.05. The first-order valence-electron chi connectivity index (χ1n) is 10.9. The topological polar surface area (TPSA) is 108 Å². The van der Waals surface area contributed by atoms with Crippen LogP contribution in [0.2, 0.25) is 0 Å². The second-order valence-corrected chi connectivity index (χ2v) is 8.27. The number of aromatic amines is 1. The van der Waals surface area contributed by atoms with Gasteiger partial charge < -0.3 is 20.7 Å². The van der Waals surface area contributed by atoms with Gasteiger partial charge in [-0.05, 0) is 50.7 Å². The third-order valence-corrected chi connectivity index (χ3v) is 6.05. The van der Waals surface area contributed by atoms with Crippen molar-refractivity contribution in [1.82, 2.24) is 20.8 Å². The fraction of sp³-hybridized carbons (Fsp3) is 0.500. The summed E-state index contributed by atoms with van der Waals surface area (Å²) in [7, 11) is 0. The molecular weight excluding hydrogens is 420 g/mol. The highest BCUT2D eigenvalue weighted by atomic mass is 19.1. The molecule has 4 N–H and O–H groups in total. The van der Waals surface area contributed by atoms with E-state index in [9.17, 15) is 18.4 Å². The number of ether oxygens (including phenoxy) is 1. The second kappa shape index (κ2) is 10.2. The predicted molar refractivity (Wildman–Crippen MR) is 113 cm³/mol. The molecular formula is C22H27F2N5O3. The van der Waals surface area contributed by atoms with Crippen LogP contribution in [0.3, 0.4) is 0 Å². The van der Waals surface area contributed by atoms with E-state index in [2.05, 4.69) is 26.1 Å². The molecule has 0 atom stereocenters. The number of nitrogens with zero attached hydrogens (tertiary/aromatic N) is 1. The molecule has 2 heterocycles. The van der Waals surface area contributed by atoms with Crippen molar-refractivity contribution in [1.29, 1.82) is 0 Å². The SMILES string of the molecule is O=C(N[C@H]1CC[C@H](NC2CCOCC2)CC1)c1n[nH]cc1NC(=O)c1c(F)cccc1F. The summed E-state index contributed by atoms with van der Waals surface area (Å²) in [6.45, 7) is 1.60. The van der Waals surface area contributed by atoms with E-state index in [1.165, 1.54) is 12.3 Å². The number of aromatic nitrogens is 2. The van der Waals surface area contributed by atoms with Crippen molar-refractivity contribution >= 4 is 17.5 Å². The molecule has 1 saturated heterocycles. The van der Waals surface area contributed by atoms with Gasteiger partial charge in [-0.2, -0.15) is 5.10 Å². The smallest absolute Gasteiger partial charge is 0.274 e. The number of anilines is 1. The largest absolute Gasteiger partial charge is 0.381 e. The average Bonchev–Trinajstić information content (AvgIpc) is 3.24. The quantitative estimate of drug-likeness (QED) is 0.545. The Labute approximate surface area is 184 Å². The first kappa shape index (κ1) is 22.3. The summed E-state index contributed by atoms with van der Waals surface area (Å²) < 4.78 is 33.1. The molecule has 1 aromatic heterocycles. The van der Waals surface area contributed by atoms with E-state index in [1.54, 1.807) is 0 Å². The predicted octanol–water partition coefficient (Wildman–Crippen LogP) is 2.75. The summed E-state index contributed by atoms with van der Waals surface area (Å²) >= 11 is 0. The molecule has 1 aliphatic heterocycles. The van der Waals surface area contributed by atoms with Crippen molar-refractivity contribution in [2.75, 3.05) is 18.5 Å². The van der Waals surface area contributed by atoms with E-state index in [1.807, 2.05) is 0 Å². The van der Waals surface area contributed by atoms with Crippen LogP contribution in [0.25, 0.3) is 0 Å². The Balaban J connectivity index is 1.30. The summed E-state index contributed by atoms with van der Waals surface area (Å²) in [5.74, 6) is -3.40. The molecule has 10 heteroatoms. The number of nitrogens with one attached hydrogen (secondary N) is 4. The van der Waals surface area contributed by atoms with Crippen LogP contribution < -0.4 is 16.0 Å². The molecule has 2 aromatic rings. The van der Waals surface area contributed by atoms with Crippen LogP contribution in [0.5, 0.6) is 0 Å². The Kier molecular flexibility index (Phi) is 7.11. The maximum absolute atomic E-state index is 13.9. The van der Waals surface area contributed by atoms with Gasteiger partial charge in [0.2, 0.25) is 0 Å². The Bertz CT molecular complexity index is 933. The number of amides is 2. The minimum absolute atomic E-state index is 0.000460. The summed E-state index contributed by atoms with van der Waals surface area (Å²) in [6.07, 6.45) is 6.94. The molecule has 1 aliphatic carbocycles. The van der Waals surface area contributed by atoms with Crippen LogP contribution in [-0.4, -0.2) is 53.4 Å². The van der Waals surface area contributed by atoms with Crippen LogP contribution in [0.4, 0.5) is 14.5 Å². The number of halogens is 2. The zero-order valence-corrected chi connectivity index (χ0v) is 17.6. The van der Waals surface area contributed by atoms with Crippen molar-refractivity contribution < 1.29 is 23.1 Å². The van der Waals surface area contributed by atoms with Gasteiger partial charge in [-0.3, -0.25) is 14.7 Å². The van der Waals surface area contributed by atoms with E-state index in [4.69, 9.17) is 4.74 Å². The Morgan fingerprint density at radius 1 is 0.938 bits per heavy atom. The van der Waals surface area contributed by atoms with Gasteiger partial charge in [0.1, 0.15) is 17.2 Å². The molecule has 172 valence electrons. The maximum atomic E-state index is 13.9. The van der Waals surface area contributed by atoms with Crippen molar-refractivity contribution in [2.45, 2.75) is 56.7 Å². The molecule has 2 aliphatic rings. The first-order chi connectivity index (χ1) is 15.5. The highest BCUT2D eigenvalue weighted by molar-refractivity contribution is 6.08. The number of H-pyrrole nitrogens is 1. The normalized spacial score (nSPS) is 21.8. The van der Waals surface area contributed by atoms with E-state index in [0.29, 0.717) is 12.1 Å². The van der Waals surface area contributed by atoms with Gasteiger partial charge in [-0.1, -0.05) is 6.07 Å². The lowest BCUT2D eigenvalue weighted by molar-refractivity contribution is 0.0721. The molecule has 2 fully saturated rings. The zero-order chi connectivity index (χ0) is 22.5. The van der Waals surface area contributed by atoms with E-state index >= 15 is 0 Å². The fourth-order valence-corrected chi connectivity index (χ4v) is 4.31. The zero-order valence-electron chi connectivity index (χ0n) is 17.6. The molecule has 0 unspecified atom stereocenters. The Morgan fingerprint density at radius 2 is 1.56 bits per heavy atom. The van der Waals surface area contributed by atoms with E-state index in [0.717, 1.165) is 63.9 Å². The molecule has 2 amide bonds. The van der Waals surface area contributed by atoms with Gasteiger partial charge in [-0.25, -0.2) is 8.78 Å². The number of rotatable bonds is 6. The molecule has 0 bridgehead atoms. The lowest BCUT2D eigenvalue weighted by Crippen LogP contribution is -2.46. The first-order valence-corrected chi connectivity index (χ1v) is 10.9. The molecule has 4 rings (SSSR count). The standard InChI is InChI=1S/C22H27F2N5O3/c23-16-2-1-3-17(24)19(16)21(30)28-18-12-25-29-20(18)22(31)27-14-6-4-13(5-7-14)26-15-8-10-32-11-9-15/h1-3,12-15,26H,4-11H2,(H,25,29)(H,27,31)(H,28,30)/t13-,14-. The van der Waals surface area contributed by atoms with Crippen LogP contribution >= 0.6 is 0 Å². The fourth-order valence-electron chi connectivity index (χ4n) is 4.31.